The predicted molar refractivity (Wildman–Crippen MR) is 79.2 cm³/mol. The molecule has 0 aliphatic carbocycles. The van der Waals surface area contributed by atoms with Gasteiger partial charge in [-0.15, -0.1) is 0 Å². The Balaban J connectivity index is 2.07. The smallest absolute Gasteiger partial charge is 0.221 e. The SMILES string of the molecule is CC(=O)Nc1cccc(NCc2cc(F)ccc2C)c1. The van der Waals surface area contributed by atoms with Gasteiger partial charge < -0.3 is 10.6 Å². The van der Waals surface area contributed by atoms with E-state index in [-0.39, 0.29) is 11.7 Å². The van der Waals surface area contributed by atoms with Crippen molar-refractivity contribution in [2.24, 2.45) is 0 Å². The zero-order valence-corrected chi connectivity index (χ0v) is 11.5. The Bertz CT molecular complexity index is 626. The molecule has 3 nitrogen and oxygen atoms in total. The van der Waals surface area contributed by atoms with Crippen molar-refractivity contribution in [3.63, 3.8) is 0 Å². The Morgan fingerprint density at radius 3 is 2.65 bits per heavy atom. The summed E-state index contributed by atoms with van der Waals surface area (Å²) in [5.74, 6) is -0.345. The van der Waals surface area contributed by atoms with Crippen LogP contribution >= 0.6 is 0 Å². The van der Waals surface area contributed by atoms with Crippen LogP contribution in [0.4, 0.5) is 15.8 Å². The van der Waals surface area contributed by atoms with Crippen LogP contribution in [0.15, 0.2) is 42.5 Å². The van der Waals surface area contributed by atoms with E-state index in [0.717, 1.165) is 22.5 Å². The molecule has 0 saturated heterocycles. The van der Waals surface area contributed by atoms with Crippen LogP contribution in [0.25, 0.3) is 0 Å². The van der Waals surface area contributed by atoms with E-state index in [4.69, 9.17) is 0 Å². The molecular weight excluding hydrogens is 255 g/mol. The van der Waals surface area contributed by atoms with Crippen molar-refractivity contribution in [1.82, 2.24) is 0 Å². The van der Waals surface area contributed by atoms with Crippen molar-refractivity contribution in [2.75, 3.05) is 10.6 Å². The van der Waals surface area contributed by atoms with E-state index in [1.807, 2.05) is 31.2 Å². The predicted octanol–water partition coefficient (Wildman–Crippen LogP) is 3.70. The molecule has 2 N–H and O–H groups in total. The standard InChI is InChI=1S/C16H17FN2O/c1-11-6-7-14(17)8-13(11)10-18-15-4-3-5-16(9-15)19-12(2)20/h3-9,18H,10H2,1-2H3,(H,19,20). The highest BCUT2D eigenvalue weighted by atomic mass is 19.1. The van der Waals surface area contributed by atoms with Crippen LogP contribution in [0.2, 0.25) is 0 Å². The Hall–Kier alpha value is -2.36. The van der Waals surface area contributed by atoms with Crippen LogP contribution in [-0.2, 0) is 11.3 Å². The lowest BCUT2D eigenvalue weighted by Crippen LogP contribution is -2.06. The number of aryl methyl sites for hydroxylation is 1. The molecule has 0 aliphatic heterocycles. The van der Waals surface area contributed by atoms with E-state index >= 15 is 0 Å². The van der Waals surface area contributed by atoms with Gasteiger partial charge in [0.2, 0.25) is 5.91 Å². The van der Waals surface area contributed by atoms with Gasteiger partial charge >= 0.3 is 0 Å². The number of hydrogen-bond donors (Lipinski definition) is 2. The van der Waals surface area contributed by atoms with Crippen molar-refractivity contribution in [2.45, 2.75) is 20.4 Å². The molecule has 0 atom stereocenters. The monoisotopic (exact) mass is 272 g/mol. The van der Waals surface area contributed by atoms with Crippen LogP contribution in [0.3, 0.4) is 0 Å². The number of carbonyl (C=O) groups excluding carboxylic acids is 1. The zero-order valence-electron chi connectivity index (χ0n) is 11.5. The molecule has 0 heterocycles. The molecule has 20 heavy (non-hydrogen) atoms. The molecule has 2 aromatic rings. The summed E-state index contributed by atoms with van der Waals surface area (Å²) in [6.07, 6.45) is 0. The van der Waals surface area contributed by atoms with Crippen LogP contribution in [0, 0.1) is 12.7 Å². The molecule has 2 rings (SSSR count). The van der Waals surface area contributed by atoms with E-state index in [1.165, 1.54) is 19.1 Å². The number of benzene rings is 2. The molecule has 0 saturated carbocycles. The molecular formula is C16H17FN2O. The average Bonchev–Trinajstić information content (AvgIpc) is 2.39. The lowest BCUT2D eigenvalue weighted by molar-refractivity contribution is -0.114. The van der Waals surface area contributed by atoms with Gasteiger partial charge in [0.1, 0.15) is 5.82 Å². The summed E-state index contributed by atoms with van der Waals surface area (Å²) in [6, 6.07) is 12.2. The number of hydrogen-bond acceptors (Lipinski definition) is 2. The molecule has 2 aromatic carbocycles. The Morgan fingerprint density at radius 1 is 1.15 bits per heavy atom. The first kappa shape index (κ1) is 14.1. The first-order valence-corrected chi connectivity index (χ1v) is 6.41. The minimum atomic E-state index is -0.237. The Labute approximate surface area is 117 Å². The molecule has 0 radical (unpaired) electrons. The number of anilines is 2. The van der Waals surface area contributed by atoms with Crippen molar-refractivity contribution in [3.05, 3.63) is 59.4 Å². The van der Waals surface area contributed by atoms with Crippen molar-refractivity contribution in [1.29, 1.82) is 0 Å². The van der Waals surface area contributed by atoms with E-state index in [0.29, 0.717) is 6.54 Å². The van der Waals surface area contributed by atoms with Gasteiger partial charge in [0, 0.05) is 24.8 Å². The molecule has 1 amide bonds. The normalized spacial score (nSPS) is 10.2. The molecule has 0 unspecified atom stereocenters. The lowest BCUT2D eigenvalue weighted by Gasteiger charge is -2.10. The molecule has 0 spiro atoms. The van der Waals surface area contributed by atoms with Gasteiger partial charge in [0.25, 0.3) is 0 Å². The average molecular weight is 272 g/mol. The fourth-order valence-electron chi connectivity index (χ4n) is 1.94. The van der Waals surface area contributed by atoms with E-state index < -0.39 is 0 Å². The maximum Gasteiger partial charge on any atom is 0.221 e. The topological polar surface area (TPSA) is 41.1 Å². The summed E-state index contributed by atoms with van der Waals surface area (Å²) in [5.41, 5.74) is 3.56. The van der Waals surface area contributed by atoms with E-state index in [1.54, 1.807) is 6.07 Å². The second-order valence-corrected chi connectivity index (χ2v) is 4.69. The number of halogens is 1. The van der Waals surface area contributed by atoms with Crippen molar-refractivity contribution in [3.8, 4) is 0 Å². The van der Waals surface area contributed by atoms with Gasteiger partial charge in [-0.05, 0) is 48.4 Å². The summed E-state index contributed by atoms with van der Waals surface area (Å²) in [4.78, 5) is 11.0. The molecule has 0 aromatic heterocycles. The van der Waals surface area contributed by atoms with Crippen LogP contribution < -0.4 is 10.6 Å². The van der Waals surface area contributed by atoms with Gasteiger partial charge in [-0.2, -0.15) is 0 Å². The molecule has 0 bridgehead atoms. The largest absolute Gasteiger partial charge is 0.381 e. The highest BCUT2D eigenvalue weighted by molar-refractivity contribution is 5.89. The van der Waals surface area contributed by atoms with Crippen LogP contribution in [0.5, 0.6) is 0 Å². The molecule has 104 valence electrons. The second kappa shape index (κ2) is 6.19. The van der Waals surface area contributed by atoms with Crippen LogP contribution in [0.1, 0.15) is 18.1 Å². The number of carbonyl (C=O) groups is 1. The van der Waals surface area contributed by atoms with Gasteiger partial charge in [0.15, 0.2) is 0 Å². The summed E-state index contributed by atoms with van der Waals surface area (Å²) in [5, 5.41) is 5.95. The fourth-order valence-corrected chi connectivity index (χ4v) is 1.94. The quantitative estimate of drug-likeness (QED) is 0.891. The minimum absolute atomic E-state index is 0.108. The van der Waals surface area contributed by atoms with Crippen molar-refractivity contribution < 1.29 is 9.18 Å². The summed E-state index contributed by atoms with van der Waals surface area (Å²) >= 11 is 0. The first-order valence-electron chi connectivity index (χ1n) is 6.41. The fraction of sp³-hybridized carbons (Fsp3) is 0.188. The van der Waals surface area contributed by atoms with E-state index in [2.05, 4.69) is 10.6 Å². The number of nitrogens with one attached hydrogen (secondary N) is 2. The first-order chi connectivity index (χ1) is 9.54. The second-order valence-electron chi connectivity index (χ2n) is 4.69. The van der Waals surface area contributed by atoms with Gasteiger partial charge in [-0.25, -0.2) is 4.39 Å². The molecule has 0 aliphatic rings. The summed E-state index contributed by atoms with van der Waals surface area (Å²) in [7, 11) is 0. The van der Waals surface area contributed by atoms with Gasteiger partial charge in [-0.1, -0.05) is 12.1 Å². The molecule has 4 heteroatoms. The van der Waals surface area contributed by atoms with Crippen LogP contribution in [-0.4, -0.2) is 5.91 Å². The third-order valence-corrected chi connectivity index (χ3v) is 2.98. The third-order valence-electron chi connectivity index (χ3n) is 2.98. The lowest BCUT2D eigenvalue weighted by atomic mass is 10.1. The molecule has 0 fully saturated rings. The third kappa shape index (κ3) is 3.82. The van der Waals surface area contributed by atoms with Gasteiger partial charge in [0.05, 0.1) is 0 Å². The van der Waals surface area contributed by atoms with Gasteiger partial charge in [-0.3, -0.25) is 4.79 Å². The maximum absolute atomic E-state index is 13.2. The zero-order chi connectivity index (χ0) is 14.5. The Kier molecular flexibility index (Phi) is 4.35. The number of amides is 1. The summed E-state index contributed by atoms with van der Waals surface area (Å²) < 4.78 is 13.2. The van der Waals surface area contributed by atoms with E-state index in [9.17, 15) is 9.18 Å². The Morgan fingerprint density at radius 2 is 1.90 bits per heavy atom. The maximum atomic E-state index is 13.2. The highest BCUT2D eigenvalue weighted by Crippen LogP contribution is 2.17. The number of rotatable bonds is 4. The van der Waals surface area contributed by atoms with Crippen molar-refractivity contribution >= 4 is 17.3 Å². The highest BCUT2D eigenvalue weighted by Gasteiger charge is 2.02. The minimum Gasteiger partial charge on any atom is -0.381 e. The summed E-state index contributed by atoms with van der Waals surface area (Å²) in [6.45, 7) is 3.95.